The molecule has 3 atom stereocenters. The van der Waals surface area contributed by atoms with Gasteiger partial charge in [-0.15, -0.1) is 0 Å². The van der Waals surface area contributed by atoms with Crippen LogP contribution in [0.3, 0.4) is 0 Å². The van der Waals surface area contributed by atoms with Crippen molar-refractivity contribution in [3.05, 3.63) is 48.7 Å². The molecule has 2 aliphatic heterocycles. The minimum absolute atomic E-state index is 0.0291. The van der Waals surface area contributed by atoms with Gasteiger partial charge in [0.25, 0.3) is 0 Å². The summed E-state index contributed by atoms with van der Waals surface area (Å²) in [4.78, 5) is 19.0. The molecule has 2 saturated heterocycles. The topological polar surface area (TPSA) is 67.6 Å². The lowest BCUT2D eigenvalue weighted by Crippen LogP contribution is -2.51. The molecule has 0 unspecified atom stereocenters. The maximum atomic E-state index is 12.7. The number of carbonyl (C=O) groups is 1. The zero-order valence-electron chi connectivity index (χ0n) is 13.4. The van der Waals surface area contributed by atoms with E-state index in [4.69, 9.17) is 9.15 Å². The van der Waals surface area contributed by atoms with E-state index in [0.717, 1.165) is 37.4 Å². The predicted octanol–water partition coefficient (Wildman–Crippen LogP) is 2.29. The number of aromatic nitrogens is 1. The standard InChI is InChI=1S/C18H21N3O3/c22-18(20-14-3-1-6-19-10-14)13-9-17-16(5-8-24-17)21(11-13)12-15-4-2-7-23-15/h1-4,6-7,10,13,16-17H,5,8-9,11-12H2,(H,20,22)/t13-,16+,17+/m1/s1. The molecule has 24 heavy (non-hydrogen) atoms. The van der Waals surface area contributed by atoms with Gasteiger partial charge >= 0.3 is 0 Å². The first kappa shape index (κ1) is 15.4. The highest BCUT2D eigenvalue weighted by molar-refractivity contribution is 5.92. The number of fused-ring (bicyclic) bond motifs is 1. The van der Waals surface area contributed by atoms with Crippen molar-refractivity contribution in [2.75, 3.05) is 18.5 Å². The number of pyridine rings is 1. The van der Waals surface area contributed by atoms with Crippen molar-refractivity contribution in [3.8, 4) is 0 Å². The Bertz CT molecular complexity index is 674. The van der Waals surface area contributed by atoms with Gasteiger partial charge in [-0.3, -0.25) is 14.7 Å². The molecule has 2 fully saturated rings. The molecule has 126 valence electrons. The number of nitrogens with zero attached hydrogens (tertiary/aromatic N) is 2. The number of rotatable bonds is 4. The summed E-state index contributed by atoms with van der Waals surface area (Å²) in [6, 6.07) is 7.91. The van der Waals surface area contributed by atoms with Crippen molar-refractivity contribution in [1.82, 2.24) is 9.88 Å². The van der Waals surface area contributed by atoms with Crippen molar-refractivity contribution in [1.29, 1.82) is 0 Å². The zero-order chi connectivity index (χ0) is 16.4. The highest BCUT2D eigenvalue weighted by Crippen LogP contribution is 2.33. The van der Waals surface area contributed by atoms with E-state index in [-0.39, 0.29) is 17.9 Å². The van der Waals surface area contributed by atoms with Crippen LogP contribution in [0.15, 0.2) is 47.3 Å². The quantitative estimate of drug-likeness (QED) is 0.933. The van der Waals surface area contributed by atoms with E-state index in [1.165, 1.54) is 0 Å². The smallest absolute Gasteiger partial charge is 0.228 e. The van der Waals surface area contributed by atoms with Crippen LogP contribution in [0.25, 0.3) is 0 Å². The average Bonchev–Trinajstić information content (AvgIpc) is 3.27. The number of carbonyl (C=O) groups excluding carboxylic acids is 1. The number of hydrogen-bond donors (Lipinski definition) is 1. The lowest BCUT2D eigenvalue weighted by Gasteiger charge is -2.39. The Balaban J connectivity index is 1.46. The molecule has 0 spiro atoms. The average molecular weight is 327 g/mol. The van der Waals surface area contributed by atoms with E-state index in [0.29, 0.717) is 12.6 Å². The molecule has 1 N–H and O–H groups in total. The van der Waals surface area contributed by atoms with Gasteiger partial charge in [-0.25, -0.2) is 0 Å². The number of nitrogens with one attached hydrogen (secondary N) is 1. The first-order valence-electron chi connectivity index (χ1n) is 8.38. The predicted molar refractivity (Wildman–Crippen MR) is 88.2 cm³/mol. The van der Waals surface area contributed by atoms with Gasteiger partial charge in [-0.1, -0.05) is 0 Å². The Kier molecular flexibility index (Phi) is 4.32. The molecular weight excluding hydrogens is 306 g/mol. The third kappa shape index (κ3) is 3.20. The number of ether oxygens (including phenoxy) is 1. The molecule has 1 amide bonds. The van der Waals surface area contributed by atoms with Crippen LogP contribution in [-0.4, -0.2) is 41.1 Å². The van der Waals surface area contributed by atoms with Gasteiger partial charge in [0.05, 0.1) is 36.7 Å². The SMILES string of the molecule is O=C(Nc1cccnc1)[C@@H]1C[C@@H]2OCC[C@@H]2N(Cc2ccco2)C1. The summed E-state index contributed by atoms with van der Waals surface area (Å²) in [5.74, 6) is 0.856. The molecule has 0 radical (unpaired) electrons. The van der Waals surface area contributed by atoms with Crippen LogP contribution in [0.1, 0.15) is 18.6 Å². The van der Waals surface area contributed by atoms with E-state index in [2.05, 4.69) is 15.2 Å². The lowest BCUT2D eigenvalue weighted by molar-refractivity contribution is -0.124. The molecule has 4 heterocycles. The number of likely N-dealkylation sites (tertiary alicyclic amines) is 1. The molecule has 2 aromatic heterocycles. The second-order valence-electron chi connectivity index (χ2n) is 6.44. The summed E-state index contributed by atoms with van der Waals surface area (Å²) < 4.78 is 11.4. The Morgan fingerprint density at radius 2 is 2.33 bits per heavy atom. The fourth-order valence-corrected chi connectivity index (χ4v) is 3.71. The van der Waals surface area contributed by atoms with Crippen LogP contribution in [-0.2, 0) is 16.1 Å². The van der Waals surface area contributed by atoms with Gasteiger partial charge < -0.3 is 14.5 Å². The molecule has 0 saturated carbocycles. The van der Waals surface area contributed by atoms with Gasteiger partial charge in [0.1, 0.15) is 5.76 Å². The third-order valence-corrected chi connectivity index (χ3v) is 4.85. The van der Waals surface area contributed by atoms with E-state index in [1.807, 2.05) is 24.3 Å². The highest BCUT2D eigenvalue weighted by Gasteiger charge is 2.42. The molecule has 6 heteroatoms. The summed E-state index contributed by atoms with van der Waals surface area (Å²) in [6.45, 7) is 2.20. The van der Waals surface area contributed by atoms with Gasteiger partial charge in [0.2, 0.25) is 5.91 Å². The van der Waals surface area contributed by atoms with Crippen molar-refractivity contribution < 1.29 is 13.9 Å². The second-order valence-corrected chi connectivity index (χ2v) is 6.44. The Morgan fingerprint density at radius 1 is 1.38 bits per heavy atom. The van der Waals surface area contributed by atoms with Crippen molar-refractivity contribution in [2.45, 2.75) is 31.5 Å². The molecule has 2 aliphatic rings. The number of hydrogen-bond acceptors (Lipinski definition) is 5. The summed E-state index contributed by atoms with van der Waals surface area (Å²) in [5, 5.41) is 2.96. The van der Waals surface area contributed by atoms with Crippen LogP contribution in [0, 0.1) is 5.92 Å². The summed E-state index contributed by atoms with van der Waals surface area (Å²) in [6.07, 6.45) is 6.95. The normalized spacial score (nSPS) is 26.9. The number of piperidine rings is 1. The molecule has 6 nitrogen and oxygen atoms in total. The fourth-order valence-electron chi connectivity index (χ4n) is 3.71. The molecule has 4 rings (SSSR count). The number of amides is 1. The molecule has 2 aromatic rings. The minimum atomic E-state index is -0.0977. The number of anilines is 1. The molecule has 0 aromatic carbocycles. The van der Waals surface area contributed by atoms with Crippen LogP contribution >= 0.6 is 0 Å². The maximum absolute atomic E-state index is 12.7. The summed E-state index contributed by atoms with van der Waals surface area (Å²) >= 11 is 0. The lowest BCUT2D eigenvalue weighted by atomic mass is 9.89. The third-order valence-electron chi connectivity index (χ3n) is 4.85. The van der Waals surface area contributed by atoms with Gasteiger partial charge in [-0.2, -0.15) is 0 Å². The maximum Gasteiger partial charge on any atom is 0.228 e. The molecular formula is C18H21N3O3. The summed E-state index contributed by atoms with van der Waals surface area (Å²) in [7, 11) is 0. The summed E-state index contributed by atoms with van der Waals surface area (Å²) in [5.41, 5.74) is 0.731. The van der Waals surface area contributed by atoms with Gasteiger partial charge in [0.15, 0.2) is 0 Å². The number of furan rings is 1. The van der Waals surface area contributed by atoms with Gasteiger partial charge in [0, 0.05) is 25.4 Å². The molecule has 0 aliphatic carbocycles. The van der Waals surface area contributed by atoms with Crippen molar-refractivity contribution in [2.24, 2.45) is 5.92 Å². The Hall–Kier alpha value is -2.18. The van der Waals surface area contributed by atoms with Crippen LogP contribution in [0.5, 0.6) is 0 Å². The zero-order valence-corrected chi connectivity index (χ0v) is 13.4. The van der Waals surface area contributed by atoms with Crippen LogP contribution in [0.2, 0.25) is 0 Å². The van der Waals surface area contributed by atoms with Crippen LogP contribution < -0.4 is 5.32 Å². The second kappa shape index (κ2) is 6.75. The van der Waals surface area contributed by atoms with Crippen LogP contribution in [0.4, 0.5) is 5.69 Å². The van der Waals surface area contributed by atoms with E-state index < -0.39 is 0 Å². The molecule has 0 bridgehead atoms. The Labute approximate surface area is 140 Å². The van der Waals surface area contributed by atoms with E-state index in [1.54, 1.807) is 18.7 Å². The van der Waals surface area contributed by atoms with Gasteiger partial charge in [-0.05, 0) is 37.1 Å². The van der Waals surface area contributed by atoms with E-state index in [9.17, 15) is 4.79 Å². The Morgan fingerprint density at radius 3 is 3.12 bits per heavy atom. The highest BCUT2D eigenvalue weighted by atomic mass is 16.5. The minimum Gasteiger partial charge on any atom is -0.468 e. The van der Waals surface area contributed by atoms with E-state index >= 15 is 0 Å². The fraction of sp³-hybridized carbons (Fsp3) is 0.444. The first-order chi connectivity index (χ1) is 11.8. The monoisotopic (exact) mass is 327 g/mol. The van der Waals surface area contributed by atoms with Crippen molar-refractivity contribution >= 4 is 11.6 Å². The van der Waals surface area contributed by atoms with Crippen molar-refractivity contribution in [3.63, 3.8) is 0 Å². The first-order valence-corrected chi connectivity index (χ1v) is 8.38. The largest absolute Gasteiger partial charge is 0.468 e.